The minimum Gasteiger partial charge on any atom is -0.379 e. The van der Waals surface area contributed by atoms with Gasteiger partial charge in [-0.15, -0.1) is 0 Å². The molecule has 6 nitrogen and oxygen atoms in total. The minimum atomic E-state index is -4.58. The molecule has 1 N–H and O–H groups in total. The zero-order chi connectivity index (χ0) is 22.2. The summed E-state index contributed by atoms with van der Waals surface area (Å²) in [7, 11) is 0. The fourth-order valence-electron chi connectivity index (χ4n) is 4.19. The van der Waals surface area contributed by atoms with Crippen molar-refractivity contribution in [2.45, 2.75) is 25.1 Å². The van der Waals surface area contributed by atoms with E-state index in [1.54, 1.807) is 0 Å². The van der Waals surface area contributed by atoms with Gasteiger partial charge >= 0.3 is 6.18 Å². The van der Waals surface area contributed by atoms with Crippen molar-refractivity contribution < 1.29 is 27.5 Å². The number of morpholine rings is 1. The van der Waals surface area contributed by atoms with Crippen molar-refractivity contribution in [3.05, 3.63) is 33.2 Å². The molecule has 3 fully saturated rings. The molecule has 4 rings (SSSR count). The molecule has 3 saturated heterocycles. The molecule has 0 aliphatic carbocycles. The lowest BCUT2D eigenvalue weighted by Crippen LogP contribution is -2.49. The van der Waals surface area contributed by atoms with Gasteiger partial charge in [0.05, 0.1) is 34.4 Å². The van der Waals surface area contributed by atoms with Crippen molar-refractivity contribution in [2.24, 2.45) is 0 Å². The van der Waals surface area contributed by atoms with Crippen LogP contribution in [0.5, 0.6) is 0 Å². The van der Waals surface area contributed by atoms with Crippen LogP contribution in [0.2, 0.25) is 5.02 Å². The van der Waals surface area contributed by atoms with Gasteiger partial charge < -0.3 is 9.64 Å². The van der Waals surface area contributed by atoms with Crippen molar-refractivity contribution >= 4 is 46.3 Å². The molecule has 1 aromatic rings. The number of thioether (sulfide) groups is 1. The van der Waals surface area contributed by atoms with E-state index in [0.29, 0.717) is 49.8 Å². The number of benzene rings is 1. The van der Waals surface area contributed by atoms with E-state index >= 15 is 0 Å². The maximum Gasteiger partial charge on any atom is 0.416 e. The highest BCUT2D eigenvalue weighted by Crippen LogP contribution is 2.41. The molecule has 168 valence electrons. The number of hydrogen-bond donors (Lipinski definition) is 1. The van der Waals surface area contributed by atoms with E-state index in [-0.39, 0.29) is 15.5 Å². The van der Waals surface area contributed by atoms with E-state index in [2.05, 4.69) is 10.2 Å². The number of ether oxygens (including phenoxy) is 1. The maximum absolute atomic E-state index is 13.4. The molecular formula is C20H21ClF3N3O3S. The van der Waals surface area contributed by atoms with Crippen LogP contribution in [0.15, 0.2) is 17.0 Å². The second-order valence-electron chi connectivity index (χ2n) is 7.61. The first-order valence-electron chi connectivity index (χ1n) is 9.95. The van der Waals surface area contributed by atoms with Gasteiger partial charge in [-0.25, -0.2) is 0 Å². The van der Waals surface area contributed by atoms with E-state index in [9.17, 15) is 22.8 Å². The van der Waals surface area contributed by atoms with Gasteiger partial charge in [0.25, 0.3) is 11.1 Å². The molecule has 0 bridgehead atoms. The van der Waals surface area contributed by atoms with Gasteiger partial charge in [-0.05, 0) is 42.8 Å². The summed E-state index contributed by atoms with van der Waals surface area (Å²) >= 11 is 7.00. The topological polar surface area (TPSA) is 61.9 Å². The second-order valence-corrected chi connectivity index (χ2v) is 9.03. The van der Waals surface area contributed by atoms with Crippen molar-refractivity contribution in [2.75, 3.05) is 44.3 Å². The lowest BCUT2D eigenvalue weighted by Gasteiger charge is -2.41. The van der Waals surface area contributed by atoms with E-state index in [1.807, 2.05) is 4.90 Å². The van der Waals surface area contributed by atoms with Crippen LogP contribution in [0.3, 0.4) is 0 Å². The van der Waals surface area contributed by atoms with Crippen LogP contribution in [0.4, 0.5) is 23.7 Å². The molecule has 2 amide bonds. The number of rotatable bonds is 3. The average Bonchev–Trinajstić information content (AvgIpc) is 3.04. The molecule has 0 saturated carbocycles. The van der Waals surface area contributed by atoms with Crippen LogP contribution in [0.25, 0.3) is 6.08 Å². The largest absolute Gasteiger partial charge is 0.416 e. The van der Waals surface area contributed by atoms with E-state index in [1.165, 1.54) is 6.08 Å². The third kappa shape index (κ3) is 5.02. The molecule has 3 heterocycles. The highest BCUT2D eigenvalue weighted by Gasteiger charge is 2.34. The van der Waals surface area contributed by atoms with Crippen molar-refractivity contribution in [3.8, 4) is 0 Å². The molecule has 0 atom stereocenters. The van der Waals surface area contributed by atoms with Gasteiger partial charge in [0, 0.05) is 37.8 Å². The Hall–Kier alpha value is -1.75. The zero-order valence-corrected chi connectivity index (χ0v) is 18.1. The Balaban J connectivity index is 1.63. The average molecular weight is 476 g/mol. The number of halogens is 4. The summed E-state index contributed by atoms with van der Waals surface area (Å²) in [4.78, 5) is 27.8. The summed E-state index contributed by atoms with van der Waals surface area (Å²) in [6.45, 7) is 4.43. The first-order valence-corrected chi connectivity index (χ1v) is 11.1. The van der Waals surface area contributed by atoms with E-state index < -0.39 is 22.9 Å². The molecule has 1 aromatic carbocycles. The lowest BCUT2D eigenvalue weighted by atomic mass is 9.99. The first-order chi connectivity index (χ1) is 14.7. The smallest absolute Gasteiger partial charge is 0.379 e. The molecule has 0 unspecified atom stereocenters. The van der Waals surface area contributed by atoms with Gasteiger partial charge in [-0.3, -0.25) is 19.8 Å². The molecule has 0 radical (unpaired) electrons. The third-order valence-electron chi connectivity index (χ3n) is 5.69. The highest BCUT2D eigenvalue weighted by molar-refractivity contribution is 8.18. The van der Waals surface area contributed by atoms with Gasteiger partial charge in [0.1, 0.15) is 0 Å². The molecule has 0 aromatic heterocycles. The summed E-state index contributed by atoms with van der Waals surface area (Å²) in [5.41, 5.74) is -0.265. The van der Waals surface area contributed by atoms with Crippen molar-refractivity contribution in [1.82, 2.24) is 10.2 Å². The summed E-state index contributed by atoms with van der Waals surface area (Å²) in [6.07, 6.45) is -1.57. The summed E-state index contributed by atoms with van der Waals surface area (Å²) in [5, 5.41) is 1.54. The molecular weight excluding hydrogens is 455 g/mol. The Morgan fingerprint density at radius 2 is 1.81 bits per heavy atom. The highest BCUT2D eigenvalue weighted by atomic mass is 35.5. The Morgan fingerprint density at radius 1 is 1.13 bits per heavy atom. The van der Waals surface area contributed by atoms with E-state index in [0.717, 1.165) is 38.1 Å². The van der Waals surface area contributed by atoms with Crippen LogP contribution in [-0.2, 0) is 15.7 Å². The molecule has 11 heteroatoms. The zero-order valence-electron chi connectivity index (χ0n) is 16.5. The Bertz CT molecular complexity index is 911. The van der Waals surface area contributed by atoms with Gasteiger partial charge in [-0.2, -0.15) is 13.2 Å². The first kappa shape index (κ1) is 22.4. The van der Waals surface area contributed by atoms with Crippen LogP contribution < -0.4 is 10.2 Å². The third-order valence-corrected chi connectivity index (χ3v) is 6.79. The summed E-state index contributed by atoms with van der Waals surface area (Å²) in [6, 6.07) is 2.29. The maximum atomic E-state index is 13.4. The van der Waals surface area contributed by atoms with Crippen LogP contribution in [-0.4, -0.2) is 61.5 Å². The number of carbonyl (C=O) groups is 2. The number of alkyl halides is 3. The number of piperidine rings is 1. The van der Waals surface area contributed by atoms with Crippen LogP contribution in [0, 0.1) is 0 Å². The second kappa shape index (κ2) is 9.01. The van der Waals surface area contributed by atoms with Crippen molar-refractivity contribution in [3.63, 3.8) is 0 Å². The molecule has 31 heavy (non-hydrogen) atoms. The number of imide groups is 1. The Kier molecular flexibility index (Phi) is 6.52. The SMILES string of the molecule is O=C1NC(=O)C(=Cc2cc(C(F)(F)F)cc(Cl)c2N2CCC(N3CCOCC3)CC2)S1. The number of carbonyl (C=O) groups excluding carboxylic acids is 2. The van der Waals surface area contributed by atoms with Crippen LogP contribution >= 0.6 is 23.4 Å². The number of nitrogens with one attached hydrogen (secondary N) is 1. The predicted molar refractivity (Wildman–Crippen MR) is 113 cm³/mol. The summed E-state index contributed by atoms with van der Waals surface area (Å²) in [5.74, 6) is -0.625. The monoisotopic (exact) mass is 475 g/mol. The minimum absolute atomic E-state index is 0.0266. The van der Waals surface area contributed by atoms with Gasteiger partial charge in [-0.1, -0.05) is 11.6 Å². The van der Waals surface area contributed by atoms with Crippen LogP contribution in [0.1, 0.15) is 24.0 Å². The van der Waals surface area contributed by atoms with Crippen molar-refractivity contribution in [1.29, 1.82) is 0 Å². The molecule has 3 aliphatic heterocycles. The van der Waals surface area contributed by atoms with E-state index in [4.69, 9.17) is 16.3 Å². The Labute approximate surface area is 186 Å². The molecule has 0 spiro atoms. The van der Waals surface area contributed by atoms with Gasteiger partial charge in [0.2, 0.25) is 0 Å². The lowest BCUT2D eigenvalue weighted by molar-refractivity contribution is -0.137. The number of anilines is 1. The number of nitrogens with zero attached hydrogens (tertiary/aromatic N) is 2. The quantitative estimate of drug-likeness (QED) is 0.667. The summed E-state index contributed by atoms with van der Waals surface area (Å²) < 4.78 is 45.6. The predicted octanol–water partition coefficient (Wildman–Crippen LogP) is 3.98. The molecule has 3 aliphatic rings. The number of hydrogen-bond acceptors (Lipinski definition) is 6. The van der Waals surface area contributed by atoms with Gasteiger partial charge in [0.15, 0.2) is 0 Å². The number of amides is 2. The Morgan fingerprint density at radius 3 is 2.39 bits per heavy atom. The fraction of sp³-hybridized carbons (Fsp3) is 0.500. The fourth-order valence-corrected chi connectivity index (χ4v) is 5.21. The normalized spacial score (nSPS) is 23.0. The standard InChI is InChI=1S/C20H21ClF3N3O3S/c21-15-11-13(20(22,23)24)9-12(10-16-18(28)25-19(29)31-16)17(15)27-3-1-14(2-4-27)26-5-7-30-8-6-26/h9-11,14H,1-8H2,(H,25,28,29).